The molecule has 0 unspecified atom stereocenters. The number of hydrogen-bond acceptors (Lipinski definition) is 4. The monoisotopic (exact) mass is 345 g/mol. The van der Waals surface area contributed by atoms with E-state index in [9.17, 15) is 9.59 Å². The van der Waals surface area contributed by atoms with Crippen LogP contribution in [0.3, 0.4) is 0 Å². The van der Waals surface area contributed by atoms with Gasteiger partial charge in [-0.2, -0.15) is 0 Å². The number of ketones is 1. The summed E-state index contributed by atoms with van der Waals surface area (Å²) in [5, 5.41) is 2.93. The lowest BCUT2D eigenvalue weighted by molar-refractivity contribution is -0.121. The molecular formula is C20H31N3O2. The van der Waals surface area contributed by atoms with Gasteiger partial charge in [0.05, 0.1) is 0 Å². The van der Waals surface area contributed by atoms with Crippen LogP contribution < -0.4 is 5.32 Å². The Morgan fingerprint density at radius 2 is 1.72 bits per heavy atom. The van der Waals surface area contributed by atoms with E-state index in [1.165, 1.54) is 5.56 Å². The van der Waals surface area contributed by atoms with Crippen LogP contribution in [0.4, 0.5) is 0 Å². The van der Waals surface area contributed by atoms with Gasteiger partial charge in [-0.15, -0.1) is 0 Å². The molecule has 1 aliphatic heterocycles. The molecule has 0 saturated carbocycles. The average molecular weight is 345 g/mol. The Balaban J connectivity index is 1.57. The summed E-state index contributed by atoms with van der Waals surface area (Å²) in [5.41, 5.74) is 1.91. The molecule has 2 rings (SSSR count). The first-order valence-electron chi connectivity index (χ1n) is 9.38. The molecule has 0 radical (unpaired) electrons. The number of Topliss-reactive ketones (excluding diaryl/α,β-unsaturated/α-hetero) is 1. The minimum absolute atomic E-state index is 0.0306. The number of carbonyl (C=O) groups excluding carboxylic acids is 2. The van der Waals surface area contributed by atoms with E-state index in [2.05, 4.69) is 29.1 Å². The van der Waals surface area contributed by atoms with Crippen molar-refractivity contribution in [3.8, 4) is 0 Å². The van der Waals surface area contributed by atoms with Crippen LogP contribution in [-0.4, -0.2) is 67.8 Å². The molecule has 1 N–H and O–H groups in total. The number of rotatable bonds is 9. The van der Waals surface area contributed by atoms with Gasteiger partial charge in [0.1, 0.15) is 0 Å². The molecule has 138 valence electrons. The largest absolute Gasteiger partial charge is 0.356 e. The Morgan fingerprint density at radius 3 is 2.36 bits per heavy atom. The van der Waals surface area contributed by atoms with Crippen LogP contribution in [0.2, 0.25) is 0 Å². The summed E-state index contributed by atoms with van der Waals surface area (Å²) in [6, 6.07) is 7.67. The van der Waals surface area contributed by atoms with Crippen molar-refractivity contribution < 1.29 is 9.59 Å². The second kappa shape index (κ2) is 10.3. The Labute approximate surface area is 151 Å². The van der Waals surface area contributed by atoms with Crippen LogP contribution in [-0.2, 0) is 11.2 Å². The third-order valence-corrected chi connectivity index (χ3v) is 4.83. The van der Waals surface area contributed by atoms with Crippen molar-refractivity contribution in [2.24, 2.45) is 0 Å². The number of amides is 1. The van der Waals surface area contributed by atoms with Crippen molar-refractivity contribution in [2.45, 2.75) is 32.6 Å². The van der Waals surface area contributed by atoms with Crippen molar-refractivity contribution in [1.29, 1.82) is 0 Å². The highest BCUT2D eigenvalue weighted by molar-refractivity contribution is 5.97. The van der Waals surface area contributed by atoms with Crippen LogP contribution in [0.1, 0.15) is 42.1 Å². The Kier molecular flexibility index (Phi) is 8.09. The Bertz CT molecular complexity index is 549. The molecule has 25 heavy (non-hydrogen) atoms. The lowest BCUT2D eigenvalue weighted by Crippen LogP contribution is -2.45. The summed E-state index contributed by atoms with van der Waals surface area (Å²) in [5.74, 6) is 0.00662. The molecule has 0 bridgehead atoms. The van der Waals surface area contributed by atoms with E-state index < -0.39 is 0 Å². The second-order valence-electron chi connectivity index (χ2n) is 6.82. The van der Waals surface area contributed by atoms with Crippen molar-refractivity contribution in [1.82, 2.24) is 15.1 Å². The van der Waals surface area contributed by atoms with Crippen molar-refractivity contribution >= 4 is 11.7 Å². The third kappa shape index (κ3) is 6.96. The fourth-order valence-electron chi connectivity index (χ4n) is 2.99. The van der Waals surface area contributed by atoms with Crippen LogP contribution >= 0.6 is 0 Å². The quantitative estimate of drug-likeness (QED) is 0.549. The highest BCUT2D eigenvalue weighted by Gasteiger charge is 2.13. The highest BCUT2D eigenvalue weighted by atomic mass is 16.2. The Morgan fingerprint density at radius 1 is 1.04 bits per heavy atom. The summed E-state index contributed by atoms with van der Waals surface area (Å²) >= 11 is 0. The van der Waals surface area contributed by atoms with Gasteiger partial charge < -0.3 is 15.1 Å². The van der Waals surface area contributed by atoms with E-state index in [0.29, 0.717) is 12.1 Å². The Hall–Kier alpha value is -1.72. The summed E-state index contributed by atoms with van der Waals surface area (Å²) in [4.78, 5) is 28.8. The molecule has 1 aromatic rings. The maximum Gasteiger partial charge on any atom is 0.220 e. The predicted molar refractivity (Wildman–Crippen MR) is 101 cm³/mol. The number of piperazine rings is 1. The number of hydrogen-bond donors (Lipinski definition) is 1. The van der Waals surface area contributed by atoms with Crippen LogP contribution in [0.15, 0.2) is 24.3 Å². The van der Waals surface area contributed by atoms with Gasteiger partial charge >= 0.3 is 0 Å². The van der Waals surface area contributed by atoms with E-state index in [1.807, 2.05) is 24.3 Å². The fourth-order valence-corrected chi connectivity index (χ4v) is 2.99. The standard InChI is InChI=1S/C20H31N3O2/c1-3-17-5-7-18(8-6-17)19(24)9-10-20(25)21-11-4-12-23-15-13-22(2)14-16-23/h5-8H,3-4,9-16H2,1-2H3,(H,21,25). The topological polar surface area (TPSA) is 52.7 Å². The molecular weight excluding hydrogens is 314 g/mol. The average Bonchev–Trinajstić information content (AvgIpc) is 2.64. The van der Waals surface area contributed by atoms with Crippen molar-refractivity contribution in [3.63, 3.8) is 0 Å². The fraction of sp³-hybridized carbons (Fsp3) is 0.600. The number of carbonyl (C=O) groups is 2. The van der Waals surface area contributed by atoms with Crippen molar-refractivity contribution in [3.05, 3.63) is 35.4 Å². The molecule has 0 spiro atoms. The van der Waals surface area contributed by atoms with Gasteiger partial charge in [0, 0.05) is 51.1 Å². The maximum atomic E-state index is 12.1. The number of likely N-dealkylation sites (N-methyl/N-ethyl adjacent to an activating group) is 1. The molecule has 1 heterocycles. The van der Waals surface area contributed by atoms with Gasteiger partial charge in [-0.25, -0.2) is 0 Å². The number of aryl methyl sites for hydroxylation is 1. The maximum absolute atomic E-state index is 12.1. The van der Waals surface area contributed by atoms with Gasteiger partial charge in [0.2, 0.25) is 5.91 Å². The van der Waals surface area contributed by atoms with Gasteiger partial charge in [0.25, 0.3) is 0 Å². The molecule has 1 aliphatic rings. The molecule has 1 saturated heterocycles. The van der Waals surface area contributed by atoms with Gasteiger partial charge in [0.15, 0.2) is 5.78 Å². The molecule has 1 amide bonds. The van der Waals surface area contributed by atoms with Gasteiger partial charge in [-0.1, -0.05) is 31.2 Å². The SMILES string of the molecule is CCc1ccc(C(=O)CCC(=O)NCCCN2CCN(C)CC2)cc1. The van der Waals surface area contributed by atoms with E-state index in [-0.39, 0.29) is 24.5 Å². The highest BCUT2D eigenvalue weighted by Crippen LogP contribution is 2.09. The van der Waals surface area contributed by atoms with E-state index in [4.69, 9.17) is 0 Å². The van der Waals surface area contributed by atoms with Gasteiger partial charge in [-0.3, -0.25) is 9.59 Å². The molecule has 1 aromatic carbocycles. The molecule has 5 heteroatoms. The summed E-state index contributed by atoms with van der Waals surface area (Å²) in [7, 11) is 2.15. The first kappa shape index (κ1) is 19.6. The van der Waals surface area contributed by atoms with Crippen LogP contribution in [0, 0.1) is 0 Å². The molecule has 0 aliphatic carbocycles. The first-order chi connectivity index (χ1) is 12.1. The molecule has 0 aromatic heterocycles. The normalized spacial score (nSPS) is 15.9. The summed E-state index contributed by atoms with van der Waals surface area (Å²) < 4.78 is 0. The van der Waals surface area contributed by atoms with E-state index in [0.717, 1.165) is 45.6 Å². The number of nitrogens with one attached hydrogen (secondary N) is 1. The molecule has 0 atom stereocenters. The van der Waals surface area contributed by atoms with Crippen LogP contribution in [0.25, 0.3) is 0 Å². The smallest absolute Gasteiger partial charge is 0.220 e. The molecule has 1 fully saturated rings. The zero-order valence-electron chi connectivity index (χ0n) is 15.6. The summed E-state index contributed by atoms with van der Waals surface area (Å²) in [6.07, 6.45) is 2.46. The second-order valence-corrected chi connectivity index (χ2v) is 6.82. The third-order valence-electron chi connectivity index (χ3n) is 4.83. The lowest BCUT2D eigenvalue weighted by Gasteiger charge is -2.32. The van der Waals surface area contributed by atoms with E-state index >= 15 is 0 Å². The summed E-state index contributed by atoms with van der Waals surface area (Å²) in [6.45, 7) is 8.25. The predicted octanol–water partition coefficient (Wildman–Crippen LogP) is 1.97. The minimum Gasteiger partial charge on any atom is -0.356 e. The zero-order chi connectivity index (χ0) is 18.1. The lowest BCUT2D eigenvalue weighted by atomic mass is 10.0. The van der Waals surface area contributed by atoms with Gasteiger partial charge in [-0.05, 0) is 32.0 Å². The van der Waals surface area contributed by atoms with E-state index in [1.54, 1.807) is 0 Å². The first-order valence-corrected chi connectivity index (χ1v) is 9.38. The zero-order valence-corrected chi connectivity index (χ0v) is 15.6. The van der Waals surface area contributed by atoms with Crippen molar-refractivity contribution in [2.75, 3.05) is 46.3 Å². The molecule has 5 nitrogen and oxygen atoms in total. The van der Waals surface area contributed by atoms with Crippen LogP contribution in [0.5, 0.6) is 0 Å². The minimum atomic E-state index is -0.0306. The number of nitrogens with zero attached hydrogens (tertiary/aromatic N) is 2. The number of benzene rings is 1.